The fraction of sp³-hybridized carbons (Fsp3) is 0.636. The molecule has 0 bridgehead atoms. The molecule has 3 aliphatic heterocycles. The maximum Gasteiger partial charge on any atom is 0.243 e. The Hall–Kier alpha value is -1.92. The van der Waals surface area contributed by atoms with Crippen molar-refractivity contribution in [2.75, 3.05) is 39.8 Å². The summed E-state index contributed by atoms with van der Waals surface area (Å²) in [6.45, 7) is 4.92. The predicted molar refractivity (Wildman–Crippen MR) is 106 cm³/mol. The number of amides is 2. The first-order valence-corrected chi connectivity index (χ1v) is 10.7. The number of piperazine rings is 1. The smallest absolute Gasteiger partial charge is 0.243 e. The highest BCUT2D eigenvalue weighted by Crippen LogP contribution is 2.43. The normalized spacial score (nSPS) is 28.0. The summed E-state index contributed by atoms with van der Waals surface area (Å²) in [4.78, 5) is 35.0. The molecule has 0 aromatic heterocycles. The van der Waals surface area contributed by atoms with Crippen LogP contribution in [-0.4, -0.2) is 82.9 Å². The van der Waals surface area contributed by atoms with Crippen molar-refractivity contribution in [1.82, 2.24) is 19.6 Å². The van der Waals surface area contributed by atoms with Crippen LogP contribution in [0.2, 0.25) is 0 Å². The van der Waals surface area contributed by atoms with E-state index in [1.54, 1.807) is 0 Å². The summed E-state index contributed by atoms with van der Waals surface area (Å²) in [5.74, 6) is 0.872. The standard InChI is InChI=1S/C22H30N4O2/c1-23-13-14-25-19(16-23)21(28)26(15-17-5-3-2-4-6-17)22(25)9-11-24(12-10-22)20(27)18-7-8-18/h2-6,18-19H,7-16H2,1H3/t19-/m1/s1. The SMILES string of the molecule is CN1CCN2[C@H](C1)C(=O)N(Cc1ccccc1)C21CCN(C(=O)C2CC2)CC1. The molecular formula is C22H30N4O2. The Labute approximate surface area is 167 Å². The number of fused-ring (bicyclic) bond motifs is 2. The Morgan fingerprint density at radius 1 is 1.07 bits per heavy atom. The van der Waals surface area contributed by atoms with E-state index in [0.29, 0.717) is 12.5 Å². The van der Waals surface area contributed by atoms with Gasteiger partial charge in [0.05, 0.1) is 0 Å². The summed E-state index contributed by atoms with van der Waals surface area (Å²) in [7, 11) is 2.11. The van der Waals surface area contributed by atoms with Gasteiger partial charge >= 0.3 is 0 Å². The molecule has 3 heterocycles. The quantitative estimate of drug-likeness (QED) is 0.792. The molecule has 4 fully saturated rings. The molecule has 2 amide bonds. The Morgan fingerprint density at radius 2 is 1.79 bits per heavy atom. The molecule has 1 aliphatic carbocycles. The van der Waals surface area contributed by atoms with Crippen molar-refractivity contribution in [2.45, 2.75) is 43.9 Å². The third kappa shape index (κ3) is 2.94. The molecule has 1 aromatic rings. The van der Waals surface area contributed by atoms with Gasteiger partial charge in [0.25, 0.3) is 0 Å². The number of carbonyl (C=O) groups excluding carboxylic acids is 2. The summed E-state index contributed by atoms with van der Waals surface area (Å²) < 4.78 is 0. The third-order valence-electron chi connectivity index (χ3n) is 7.16. The summed E-state index contributed by atoms with van der Waals surface area (Å²) >= 11 is 0. The second-order valence-corrected chi connectivity index (χ2v) is 8.96. The minimum atomic E-state index is -0.237. The molecule has 3 saturated heterocycles. The summed E-state index contributed by atoms with van der Waals surface area (Å²) in [6, 6.07) is 10.3. The molecule has 150 valence electrons. The van der Waals surface area contributed by atoms with Crippen LogP contribution in [0.1, 0.15) is 31.2 Å². The number of carbonyl (C=O) groups is 2. The van der Waals surface area contributed by atoms with Crippen LogP contribution in [0.5, 0.6) is 0 Å². The zero-order chi connectivity index (χ0) is 19.3. The summed E-state index contributed by atoms with van der Waals surface area (Å²) in [5, 5.41) is 0. The average molecular weight is 383 g/mol. The fourth-order valence-electron chi connectivity index (χ4n) is 5.39. The van der Waals surface area contributed by atoms with E-state index in [9.17, 15) is 9.59 Å². The van der Waals surface area contributed by atoms with E-state index in [1.807, 2.05) is 18.2 Å². The van der Waals surface area contributed by atoms with Gasteiger partial charge in [-0.05, 0) is 25.5 Å². The van der Waals surface area contributed by atoms with Crippen molar-refractivity contribution in [1.29, 1.82) is 0 Å². The summed E-state index contributed by atoms with van der Waals surface area (Å²) in [5.41, 5.74) is 0.944. The van der Waals surface area contributed by atoms with E-state index in [4.69, 9.17) is 0 Å². The van der Waals surface area contributed by atoms with Crippen LogP contribution >= 0.6 is 0 Å². The lowest BCUT2D eigenvalue weighted by Gasteiger charge is -2.50. The number of likely N-dealkylation sites (N-methyl/N-ethyl adjacent to an activating group) is 1. The minimum absolute atomic E-state index is 0.0480. The number of piperidine rings is 1. The largest absolute Gasteiger partial charge is 0.342 e. The first-order chi connectivity index (χ1) is 13.6. The number of rotatable bonds is 3. The van der Waals surface area contributed by atoms with Gasteiger partial charge in [0.1, 0.15) is 11.7 Å². The Balaban J connectivity index is 1.42. The zero-order valence-corrected chi connectivity index (χ0v) is 16.7. The van der Waals surface area contributed by atoms with Gasteiger partial charge in [0.15, 0.2) is 0 Å². The molecule has 0 unspecified atom stereocenters. The molecule has 1 aromatic carbocycles. The highest BCUT2D eigenvalue weighted by molar-refractivity contribution is 5.86. The van der Waals surface area contributed by atoms with E-state index >= 15 is 0 Å². The van der Waals surface area contributed by atoms with Gasteiger partial charge < -0.3 is 14.7 Å². The highest BCUT2D eigenvalue weighted by Gasteiger charge is 2.58. The molecule has 6 heteroatoms. The van der Waals surface area contributed by atoms with Crippen LogP contribution in [0.25, 0.3) is 0 Å². The Morgan fingerprint density at radius 3 is 2.46 bits per heavy atom. The highest BCUT2D eigenvalue weighted by atomic mass is 16.2. The number of benzene rings is 1. The molecule has 0 radical (unpaired) electrons. The molecule has 5 rings (SSSR count). The lowest BCUT2D eigenvalue weighted by atomic mass is 9.92. The monoisotopic (exact) mass is 382 g/mol. The van der Waals surface area contributed by atoms with Crippen LogP contribution in [0, 0.1) is 5.92 Å². The molecule has 1 atom stereocenters. The predicted octanol–water partition coefficient (Wildman–Crippen LogP) is 1.37. The van der Waals surface area contributed by atoms with Gasteiger partial charge in [-0.3, -0.25) is 14.5 Å². The first-order valence-electron chi connectivity index (χ1n) is 10.7. The molecule has 1 saturated carbocycles. The topological polar surface area (TPSA) is 47.1 Å². The number of likely N-dealkylation sites (tertiary alicyclic amines) is 1. The van der Waals surface area contributed by atoms with Crippen molar-refractivity contribution in [3.8, 4) is 0 Å². The second kappa shape index (κ2) is 6.85. The maximum absolute atomic E-state index is 13.5. The van der Waals surface area contributed by atoms with Gasteiger partial charge in [-0.15, -0.1) is 0 Å². The third-order valence-corrected chi connectivity index (χ3v) is 7.16. The zero-order valence-electron chi connectivity index (χ0n) is 16.7. The Bertz CT molecular complexity index is 755. The van der Waals surface area contributed by atoms with E-state index < -0.39 is 0 Å². The first kappa shape index (κ1) is 18.1. The molecule has 1 spiro atoms. The van der Waals surface area contributed by atoms with Gasteiger partial charge in [-0.25, -0.2) is 0 Å². The number of nitrogens with zero attached hydrogens (tertiary/aromatic N) is 4. The van der Waals surface area contributed by atoms with E-state index in [0.717, 1.165) is 58.4 Å². The van der Waals surface area contributed by atoms with Gasteiger partial charge in [0.2, 0.25) is 11.8 Å². The van der Waals surface area contributed by atoms with Gasteiger partial charge in [-0.2, -0.15) is 0 Å². The maximum atomic E-state index is 13.5. The summed E-state index contributed by atoms with van der Waals surface area (Å²) in [6.07, 6.45) is 3.84. The molecule has 4 aliphatic rings. The molecule has 0 N–H and O–H groups in total. The number of hydrogen-bond donors (Lipinski definition) is 0. The van der Waals surface area contributed by atoms with Gasteiger partial charge in [0, 0.05) is 58.0 Å². The van der Waals surface area contributed by atoms with Crippen molar-refractivity contribution in [2.24, 2.45) is 5.92 Å². The van der Waals surface area contributed by atoms with E-state index in [-0.39, 0.29) is 23.5 Å². The molecule has 6 nitrogen and oxygen atoms in total. The molecular weight excluding hydrogens is 352 g/mol. The minimum Gasteiger partial charge on any atom is -0.342 e. The lowest BCUT2D eigenvalue weighted by molar-refractivity contribution is -0.141. The van der Waals surface area contributed by atoms with Crippen LogP contribution in [-0.2, 0) is 16.1 Å². The van der Waals surface area contributed by atoms with Crippen molar-refractivity contribution in [3.63, 3.8) is 0 Å². The van der Waals surface area contributed by atoms with E-state index in [2.05, 4.69) is 38.8 Å². The second-order valence-electron chi connectivity index (χ2n) is 8.96. The van der Waals surface area contributed by atoms with Gasteiger partial charge in [-0.1, -0.05) is 30.3 Å². The van der Waals surface area contributed by atoms with Crippen LogP contribution in [0.15, 0.2) is 30.3 Å². The average Bonchev–Trinajstić information content (AvgIpc) is 3.54. The van der Waals surface area contributed by atoms with Crippen molar-refractivity contribution in [3.05, 3.63) is 35.9 Å². The van der Waals surface area contributed by atoms with Crippen molar-refractivity contribution < 1.29 is 9.59 Å². The van der Waals surface area contributed by atoms with Crippen molar-refractivity contribution >= 4 is 11.8 Å². The fourth-order valence-corrected chi connectivity index (χ4v) is 5.39. The lowest BCUT2D eigenvalue weighted by Crippen LogP contribution is -2.63. The molecule has 28 heavy (non-hydrogen) atoms. The number of hydrogen-bond acceptors (Lipinski definition) is 4. The van der Waals surface area contributed by atoms with Crippen LogP contribution < -0.4 is 0 Å². The van der Waals surface area contributed by atoms with Crippen LogP contribution in [0.4, 0.5) is 0 Å². The Kier molecular flexibility index (Phi) is 4.43. The van der Waals surface area contributed by atoms with E-state index in [1.165, 1.54) is 5.56 Å². The van der Waals surface area contributed by atoms with Crippen LogP contribution in [0.3, 0.4) is 0 Å².